The molecule has 0 aliphatic carbocycles. The van der Waals surface area contributed by atoms with Gasteiger partial charge >= 0.3 is 0 Å². The van der Waals surface area contributed by atoms with Gasteiger partial charge in [0.05, 0.1) is 22.9 Å². The van der Waals surface area contributed by atoms with Crippen molar-refractivity contribution >= 4 is 29.2 Å². The van der Waals surface area contributed by atoms with Crippen molar-refractivity contribution in [1.82, 2.24) is 9.78 Å². The number of nitrogens with zero attached hydrogens (tertiary/aromatic N) is 3. The number of nitro benzene ring substituents is 1. The summed E-state index contributed by atoms with van der Waals surface area (Å²) in [6.07, 6.45) is 2.58. The number of aromatic nitrogens is 2. The average Bonchev–Trinajstić information content (AvgIpc) is 3.00. The minimum atomic E-state index is -0.447. The second-order valence-corrected chi connectivity index (χ2v) is 6.05. The third-order valence-corrected chi connectivity index (χ3v) is 4.38. The third-order valence-electron chi connectivity index (χ3n) is 3.36. The number of thioether (sulfide) groups is 1. The molecule has 0 aliphatic rings. The fourth-order valence-electron chi connectivity index (χ4n) is 1.93. The highest BCUT2D eigenvalue weighted by Gasteiger charge is 2.12. The van der Waals surface area contributed by atoms with E-state index in [2.05, 4.69) is 17.3 Å². The van der Waals surface area contributed by atoms with E-state index in [1.165, 1.54) is 23.9 Å². The van der Waals surface area contributed by atoms with E-state index in [0.29, 0.717) is 5.82 Å². The minimum Gasteiger partial charge on any atom is -0.310 e. The lowest BCUT2D eigenvalue weighted by Crippen LogP contribution is -2.18. The van der Waals surface area contributed by atoms with Gasteiger partial charge in [0.15, 0.2) is 0 Å². The quantitative estimate of drug-likeness (QED) is 0.475. The fourth-order valence-corrected chi connectivity index (χ4v) is 2.63. The van der Waals surface area contributed by atoms with Crippen LogP contribution in [0.5, 0.6) is 0 Å². The van der Waals surface area contributed by atoms with Crippen LogP contribution in [0.15, 0.2) is 41.4 Å². The SMILES string of the molecule is CC[C@H](C)n1nccc1NC(=O)CSc1ccc([N+](=O)[O-])cc1. The summed E-state index contributed by atoms with van der Waals surface area (Å²) in [5, 5.41) is 17.6. The molecule has 2 rings (SSSR count). The number of hydrogen-bond acceptors (Lipinski definition) is 5. The van der Waals surface area contributed by atoms with Gasteiger partial charge in [0.2, 0.25) is 5.91 Å². The number of carbonyl (C=O) groups excluding carboxylic acids is 1. The molecule has 1 N–H and O–H groups in total. The molecule has 0 saturated heterocycles. The first-order chi connectivity index (χ1) is 11.0. The molecule has 8 heteroatoms. The summed E-state index contributed by atoms with van der Waals surface area (Å²) in [7, 11) is 0. The molecule has 0 radical (unpaired) electrons. The first-order valence-corrected chi connectivity index (χ1v) is 8.20. The zero-order valence-electron chi connectivity index (χ0n) is 12.9. The van der Waals surface area contributed by atoms with Crippen molar-refractivity contribution in [3.63, 3.8) is 0 Å². The van der Waals surface area contributed by atoms with Gasteiger partial charge in [0.25, 0.3) is 5.69 Å². The lowest BCUT2D eigenvalue weighted by Gasteiger charge is -2.14. The van der Waals surface area contributed by atoms with E-state index < -0.39 is 4.92 Å². The Morgan fingerprint density at radius 1 is 1.39 bits per heavy atom. The van der Waals surface area contributed by atoms with Crippen LogP contribution in [0.3, 0.4) is 0 Å². The summed E-state index contributed by atoms with van der Waals surface area (Å²) in [4.78, 5) is 23.0. The molecule has 2 aromatic rings. The minimum absolute atomic E-state index is 0.0382. The highest BCUT2D eigenvalue weighted by molar-refractivity contribution is 8.00. The number of rotatable bonds is 7. The predicted octanol–water partition coefficient (Wildman–Crippen LogP) is 3.49. The van der Waals surface area contributed by atoms with E-state index >= 15 is 0 Å². The highest BCUT2D eigenvalue weighted by atomic mass is 32.2. The van der Waals surface area contributed by atoms with Crippen LogP contribution in [-0.4, -0.2) is 26.4 Å². The molecule has 1 aromatic carbocycles. The molecule has 0 unspecified atom stereocenters. The number of carbonyl (C=O) groups is 1. The van der Waals surface area contributed by atoms with E-state index in [1.807, 2.05) is 6.92 Å². The summed E-state index contributed by atoms with van der Waals surface area (Å²) < 4.78 is 1.79. The Kier molecular flexibility index (Phi) is 5.75. The Labute approximate surface area is 138 Å². The second-order valence-electron chi connectivity index (χ2n) is 5.01. The summed E-state index contributed by atoms with van der Waals surface area (Å²) in [6, 6.07) is 8.11. The third kappa shape index (κ3) is 4.56. The molecule has 7 nitrogen and oxygen atoms in total. The van der Waals surface area contributed by atoms with Gasteiger partial charge in [-0.2, -0.15) is 5.10 Å². The normalized spacial score (nSPS) is 11.9. The number of non-ortho nitro benzene ring substituents is 1. The zero-order valence-corrected chi connectivity index (χ0v) is 13.7. The number of benzene rings is 1. The Morgan fingerprint density at radius 2 is 2.09 bits per heavy atom. The lowest BCUT2D eigenvalue weighted by atomic mass is 10.3. The summed E-state index contributed by atoms with van der Waals surface area (Å²) in [6.45, 7) is 4.09. The zero-order chi connectivity index (χ0) is 16.8. The first-order valence-electron chi connectivity index (χ1n) is 7.22. The van der Waals surface area contributed by atoms with Crippen LogP contribution >= 0.6 is 11.8 Å². The van der Waals surface area contributed by atoms with E-state index in [-0.39, 0.29) is 23.4 Å². The second kappa shape index (κ2) is 7.77. The number of nitrogens with one attached hydrogen (secondary N) is 1. The number of amides is 1. The summed E-state index contributed by atoms with van der Waals surface area (Å²) >= 11 is 1.33. The molecule has 0 fully saturated rings. The molecule has 23 heavy (non-hydrogen) atoms. The molecule has 0 spiro atoms. The molecule has 0 bridgehead atoms. The topological polar surface area (TPSA) is 90.1 Å². The highest BCUT2D eigenvalue weighted by Crippen LogP contribution is 2.22. The maximum atomic E-state index is 12.0. The van der Waals surface area contributed by atoms with Gasteiger partial charge in [-0.15, -0.1) is 11.8 Å². The molecule has 1 atom stereocenters. The van der Waals surface area contributed by atoms with Gasteiger partial charge in [-0.3, -0.25) is 14.9 Å². The first kappa shape index (κ1) is 17.0. The maximum absolute atomic E-state index is 12.0. The van der Waals surface area contributed by atoms with Crippen LogP contribution in [0.1, 0.15) is 26.3 Å². The molecule has 1 heterocycles. The van der Waals surface area contributed by atoms with Crippen molar-refractivity contribution in [3.8, 4) is 0 Å². The van der Waals surface area contributed by atoms with Crippen LogP contribution in [0, 0.1) is 10.1 Å². The number of hydrogen-bond donors (Lipinski definition) is 1. The van der Waals surface area contributed by atoms with Crippen molar-refractivity contribution in [3.05, 3.63) is 46.6 Å². The van der Waals surface area contributed by atoms with Crippen LogP contribution in [0.4, 0.5) is 11.5 Å². The molecule has 122 valence electrons. The molecule has 0 aliphatic heterocycles. The Morgan fingerprint density at radius 3 is 2.70 bits per heavy atom. The molecular weight excluding hydrogens is 316 g/mol. The van der Waals surface area contributed by atoms with Crippen molar-refractivity contribution in [2.45, 2.75) is 31.2 Å². The lowest BCUT2D eigenvalue weighted by molar-refractivity contribution is -0.384. The smallest absolute Gasteiger partial charge is 0.269 e. The summed E-state index contributed by atoms with van der Waals surface area (Å²) in [5.74, 6) is 0.760. The van der Waals surface area contributed by atoms with E-state index in [1.54, 1.807) is 29.1 Å². The summed E-state index contributed by atoms with van der Waals surface area (Å²) in [5.41, 5.74) is 0.0382. The van der Waals surface area contributed by atoms with Crippen molar-refractivity contribution < 1.29 is 9.72 Å². The Bertz CT molecular complexity index is 684. The van der Waals surface area contributed by atoms with Crippen molar-refractivity contribution in [1.29, 1.82) is 0 Å². The Hall–Kier alpha value is -2.35. The average molecular weight is 334 g/mol. The van der Waals surface area contributed by atoms with Crippen molar-refractivity contribution in [2.24, 2.45) is 0 Å². The van der Waals surface area contributed by atoms with Crippen LogP contribution in [-0.2, 0) is 4.79 Å². The van der Waals surface area contributed by atoms with Gasteiger partial charge in [-0.25, -0.2) is 4.68 Å². The Balaban J connectivity index is 1.90. The van der Waals surface area contributed by atoms with E-state index in [4.69, 9.17) is 0 Å². The number of anilines is 1. The standard InChI is InChI=1S/C15H18N4O3S/c1-3-11(2)18-14(8-9-16-18)17-15(20)10-23-13-6-4-12(5-7-13)19(21)22/h4-9,11H,3,10H2,1-2H3,(H,17,20)/t11-/m0/s1. The van der Waals surface area contributed by atoms with Crippen LogP contribution in [0.2, 0.25) is 0 Å². The van der Waals surface area contributed by atoms with E-state index in [0.717, 1.165) is 11.3 Å². The molecule has 1 aromatic heterocycles. The van der Waals surface area contributed by atoms with Gasteiger partial charge in [0, 0.05) is 23.1 Å². The van der Waals surface area contributed by atoms with Gasteiger partial charge < -0.3 is 5.32 Å². The van der Waals surface area contributed by atoms with Crippen molar-refractivity contribution in [2.75, 3.05) is 11.1 Å². The van der Waals surface area contributed by atoms with Crippen LogP contribution in [0.25, 0.3) is 0 Å². The molecule has 0 saturated carbocycles. The van der Waals surface area contributed by atoms with Gasteiger partial charge in [0.1, 0.15) is 5.82 Å². The monoisotopic (exact) mass is 334 g/mol. The molecule has 1 amide bonds. The van der Waals surface area contributed by atoms with Gasteiger partial charge in [-0.05, 0) is 25.5 Å². The van der Waals surface area contributed by atoms with Crippen LogP contribution < -0.4 is 5.32 Å². The fraction of sp³-hybridized carbons (Fsp3) is 0.333. The predicted molar refractivity (Wildman–Crippen MR) is 89.7 cm³/mol. The number of nitro groups is 1. The molecular formula is C15H18N4O3S. The maximum Gasteiger partial charge on any atom is 0.269 e. The van der Waals surface area contributed by atoms with E-state index in [9.17, 15) is 14.9 Å². The largest absolute Gasteiger partial charge is 0.310 e. The van der Waals surface area contributed by atoms with Gasteiger partial charge in [-0.1, -0.05) is 6.92 Å².